The molecule has 3 aliphatic rings. The molecule has 1 amide bonds. The predicted octanol–water partition coefficient (Wildman–Crippen LogP) is 7.28. The Kier molecular flexibility index (Phi) is 12.4. The van der Waals surface area contributed by atoms with Crippen LogP contribution in [-0.2, 0) is 38.0 Å². The third-order valence-electron chi connectivity index (χ3n) is 10.6. The molecule has 2 saturated heterocycles. The molecule has 5 rings (SSSR count). The first-order valence-electron chi connectivity index (χ1n) is 17.8. The molecule has 0 spiro atoms. The van der Waals surface area contributed by atoms with E-state index in [-0.39, 0.29) is 66.0 Å². The smallest absolute Gasteiger partial charge is 0.416 e. The summed E-state index contributed by atoms with van der Waals surface area (Å²) in [4.78, 5) is 40.9. The summed E-state index contributed by atoms with van der Waals surface area (Å²) in [6, 6.07) is 0.849. The molecule has 2 aliphatic heterocycles. The molecule has 3 heterocycles. The molecule has 15 heteroatoms. The summed E-state index contributed by atoms with van der Waals surface area (Å²) in [5.41, 5.74) is -2.19. The van der Waals surface area contributed by atoms with Crippen molar-refractivity contribution in [2.24, 2.45) is 11.8 Å². The number of morpholine rings is 1. The van der Waals surface area contributed by atoms with E-state index in [1.807, 2.05) is 23.6 Å². The molecular weight excluding hydrogens is 680 g/mol. The van der Waals surface area contributed by atoms with Crippen molar-refractivity contribution in [3.05, 3.63) is 47.3 Å². The summed E-state index contributed by atoms with van der Waals surface area (Å²) >= 11 is 0. The quantitative estimate of drug-likeness (QED) is 0.187. The number of benzene rings is 1. The first-order valence-corrected chi connectivity index (χ1v) is 17.8. The van der Waals surface area contributed by atoms with Crippen molar-refractivity contribution < 1.29 is 45.4 Å². The van der Waals surface area contributed by atoms with Crippen LogP contribution in [0.2, 0.25) is 0 Å². The van der Waals surface area contributed by atoms with Crippen LogP contribution in [0.4, 0.5) is 38.0 Å². The molecule has 51 heavy (non-hydrogen) atoms. The van der Waals surface area contributed by atoms with Crippen molar-refractivity contribution in [2.75, 3.05) is 43.2 Å². The molecule has 2 aromatic rings. The van der Waals surface area contributed by atoms with Gasteiger partial charge in [0.15, 0.2) is 0 Å². The zero-order chi connectivity index (χ0) is 36.9. The van der Waals surface area contributed by atoms with Gasteiger partial charge in [0.05, 0.1) is 49.5 Å². The molecule has 0 bridgehead atoms. The van der Waals surface area contributed by atoms with E-state index in [4.69, 9.17) is 9.47 Å². The van der Waals surface area contributed by atoms with Gasteiger partial charge in [-0.25, -0.2) is 9.97 Å². The number of halogens is 6. The number of likely N-dealkylation sites (tertiary alicyclic amines) is 1. The van der Waals surface area contributed by atoms with Crippen LogP contribution in [0.5, 0.6) is 0 Å². The van der Waals surface area contributed by atoms with E-state index in [1.165, 1.54) is 7.11 Å². The lowest BCUT2D eigenvalue weighted by Crippen LogP contribution is -2.58. The molecule has 0 N–H and O–H groups in total. The number of rotatable bonds is 10. The van der Waals surface area contributed by atoms with Crippen LogP contribution in [0.25, 0.3) is 0 Å². The third-order valence-corrected chi connectivity index (χ3v) is 10.6. The standard InChI is InChI=1S/C36H47F6N5O4/c1-4-28-18-30(19-29(5-2)47(28)33(49)25-8-6-23(7-9-25)16-32(48)50-3)46(34-43-20-31(21-44-34)45-10-12-51-13-11-45)22-24-14-26(35(37,38)39)17-27(15-24)36(40,41)42/h14-15,17,20-21,23,25,28-30H,4-13,16,18-19,22H2,1-3H3/t23-,25-,28-,29+,30+. The molecule has 0 unspecified atom stereocenters. The van der Waals surface area contributed by atoms with Gasteiger partial charge in [-0.2, -0.15) is 26.3 Å². The molecule has 282 valence electrons. The van der Waals surface area contributed by atoms with Crippen LogP contribution in [0.3, 0.4) is 0 Å². The van der Waals surface area contributed by atoms with Crippen molar-refractivity contribution in [2.45, 2.75) is 109 Å². The number of hydrogen-bond donors (Lipinski definition) is 0. The summed E-state index contributed by atoms with van der Waals surface area (Å²) in [6.07, 6.45) is -1.45. The first-order chi connectivity index (χ1) is 24.2. The highest BCUT2D eigenvalue weighted by atomic mass is 19.4. The Morgan fingerprint density at radius 2 is 1.43 bits per heavy atom. The lowest BCUT2D eigenvalue weighted by Gasteiger charge is -2.49. The van der Waals surface area contributed by atoms with Gasteiger partial charge in [0.2, 0.25) is 11.9 Å². The molecule has 3 atom stereocenters. The van der Waals surface area contributed by atoms with Gasteiger partial charge in [-0.3, -0.25) is 9.59 Å². The van der Waals surface area contributed by atoms with Crippen LogP contribution in [0.15, 0.2) is 30.6 Å². The molecule has 1 aliphatic carbocycles. The lowest BCUT2D eigenvalue weighted by atomic mass is 9.78. The number of carbonyl (C=O) groups is 2. The Bertz CT molecular complexity index is 1430. The Balaban J connectivity index is 1.44. The topological polar surface area (TPSA) is 88.1 Å². The third kappa shape index (κ3) is 9.44. The van der Waals surface area contributed by atoms with Gasteiger partial charge >= 0.3 is 18.3 Å². The van der Waals surface area contributed by atoms with Crippen molar-refractivity contribution in [1.82, 2.24) is 14.9 Å². The van der Waals surface area contributed by atoms with E-state index in [0.29, 0.717) is 71.2 Å². The monoisotopic (exact) mass is 727 g/mol. The van der Waals surface area contributed by atoms with Gasteiger partial charge in [-0.15, -0.1) is 0 Å². The second kappa shape index (κ2) is 16.4. The number of hydrogen-bond acceptors (Lipinski definition) is 8. The van der Waals surface area contributed by atoms with Gasteiger partial charge in [0, 0.05) is 50.1 Å². The highest BCUT2D eigenvalue weighted by molar-refractivity contribution is 5.80. The van der Waals surface area contributed by atoms with E-state index in [9.17, 15) is 35.9 Å². The van der Waals surface area contributed by atoms with E-state index >= 15 is 0 Å². The number of methoxy groups -OCH3 is 1. The fraction of sp³-hybridized carbons (Fsp3) is 0.667. The fourth-order valence-corrected chi connectivity index (χ4v) is 7.85. The minimum Gasteiger partial charge on any atom is -0.469 e. The Hall–Kier alpha value is -3.62. The molecular formula is C36H47F6N5O4. The second-order valence-electron chi connectivity index (χ2n) is 13.9. The largest absolute Gasteiger partial charge is 0.469 e. The predicted molar refractivity (Wildman–Crippen MR) is 178 cm³/mol. The summed E-state index contributed by atoms with van der Waals surface area (Å²) in [5, 5.41) is 0. The highest BCUT2D eigenvalue weighted by Crippen LogP contribution is 2.40. The maximum atomic E-state index is 14.1. The van der Waals surface area contributed by atoms with E-state index in [2.05, 4.69) is 9.97 Å². The number of carbonyl (C=O) groups excluding carboxylic acids is 2. The summed E-state index contributed by atoms with van der Waals surface area (Å²) in [5.74, 6) is -0.0110. The zero-order valence-corrected chi connectivity index (χ0v) is 29.3. The number of amides is 1. The van der Waals surface area contributed by atoms with Crippen LogP contribution in [0, 0.1) is 11.8 Å². The maximum absolute atomic E-state index is 14.1. The highest BCUT2D eigenvalue weighted by Gasteiger charge is 2.43. The normalized spacial score (nSPS) is 24.7. The average molecular weight is 728 g/mol. The molecule has 1 aromatic heterocycles. The summed E-state index contributed by atoms with van der Waals surface area (Å²) in [6.45, 7) is 6.00. The van der Waals surface area contributed by atoms with Crippen LogP contribution in [-0.4, -0.2) is 78.3 Å². The van der Waals surface area contributed by atoms with Crippen LogP contribution < -0.4 is 9.80 Å². The average Bonchev–Trinajstić information content (AvgIpc) is 3.12. The lowest BCUT2D eigenvalue weighted by molar-refractivity contribution is -0.146. The Morgan fingerprint density at radius 1 is 0.882 bits per heavy atom. The number of nitrogens with zero attached hydrogens (tertiary/aromatic N) is 5. The molecule has 1 saturated carbocycles. The summed E-state index contributed by atoms with van der Waals surface area (Å²) in [7, 11) is 1.37. The zero-order valence-electron chi connectivity index (χ0n) is 29.3. The molecule has 3 fully saturated rings. The number of aromatic nitrogens is 2. The van der Waals surface area contributed by atoms with Crippen LogP contribution in [0.1, 0.15) is 88.3 Å². The fourth-order valence-electron chi connectivity index (χ4n) is 7.85. The number of ether oxygens (including phenoxy) is 2. The molecule has 0 radical (unpaired) electrons. The molecule has 1 aromatic carbocycles. The first kappa shape index (κ1) is 38.6. The van der Waals surface area contributed by atoms with Crippen LogP contribution >= 0.6 is 0 Å². The number of esters is 1. The van der Waals surface area contributed by atoms with E-state index in [1.54, 1.807) is 17.3 Å². The Labute approximate surface area is 294 Å². The van der Waals surface area contributed by atoms with Crippen molar-refractivity contribution in [3.63, 3.8) is 0 Å². The van der Waals surface area contributed by atoms with Crippen molar-refractivity contribution in [3.8, 4) is 0 Å². The van der Waals surface area contributed by atoms with Gasteiger partial charge in [0.1, 0.15) is 0 Å². The Morgan fingerprint density at radius 3 is 1.92 bits per heavy atom. The number of piperidine rings is 1. The van der Waals surface area contributed by atoms with E-state index in [0.717, 1.165) is 30.7 Å². The number of anilines is 2. The van der Waals surface area contributed by atoms with Gasteiger partial charge < -0.3 is 24.2 Å². The van der Waals surface area contributed by atoms with Crippen molar-refractivity contribution in [1.29, 1.82) is 0 Å². The number of alkyl halides is 6. The van der Waals surface area contributed by atoms with Crippen molar-refractivity contribution >= 4 is 23.5 Å². The minimum atomic E-state index is -4.98. The maximum Gasteiger partial charge on any atom is 0.416 e. The summed E-state index contributed by atoms with van der Waals surface area (Å²) < 4.78 is 93.4. The molecule has 9 nitrogen and oxygen atoms in total. The van der Waals surface area contributed by atoms with Gasteiger partial charge in [0.25, 0.3) is 0 Å². The van der Waals surface area contributed by atoms with Gasteiger partial charge in [-0.05, 0) is 81.0 Å². The van der Waals surface area contributed by atoms with E-state index < -0.39 is 23.5 Å². The second-order valence-corrected chi connectivity index (χ2v) is 13.9. The van der Waals surface area contributed by atoms with Gasteiger partial charge in [-0.1, -0.05) is 13.8 Å². The minimum absolute atomic E-state index is 0.0639. The SMILES string of the molecule is CC[C@@H]1C[C@H](N(Cc2cc(C(F)(F)F)cc(C(F)(F)F)c2)c2ncc(N3CCOCC3)cn2)C[C@H](CC)N1C(=O)[C@H]1CC[C@H](CC(=O)OC)CC1.